The third-order valence-electron chi connectivity index (χ3n) is 2.20. The van der Waals surface area contributed by atoms with Crippen molar-refractivity contribution in [1.82, 2.24) is 4.98 Å². The number of carbonyl (C=O) groups excluding carboxylic acids is 1. The van der Waals surface area contributed by atoms with E-state index in [1.165, 1.54) is 6.08 Å². The summed E-state index contributed by atoms with van der Waals surface area (Å²) in [7, 11) is 0. The van der Waals surface area contributed by atoms with Crippen LogP contribution in [0.1, 0.15) is 5.56 Å². The van der Waals surface area contributed by atoms with Crippen LogP contribution in [0, 0.1) is 3.57 Å². The van der Waals surface area contributed by atoms with Crippen molar-refractivity contribution in [2.75, 3.05) is 5.32 Å². The van der Waals surface area contributed by atoms with E-state index < -0.39 is 0 Å². The Bertz CT molecular complexity index is 567. The van der Waals surface area contributed by atoms with E-state index in [-0.39, 0.29) is 5.91 Å². The van der Waals surface area contributed by atoms with E-state index in [0.717, 1.165) is 9.13 Å². The number of amides is 1. The first-order valence-electron chi connectivity index (χ1n) is 5.39. The maximum Gasteiger partial charge on any atom is 0.248 e. The highest BCUT2D eigenvalue weighted by Gasteiger charge is 1.97. The maximum absolute atomic E-state index is 11.6. The molecule has 0 spiro atoms. The SMILES string of the molecule is O=C(C=Cc1cccc(I)c1)Nc1cccnc1. The Hall–Kier alpha value is -1.69. The molecule has 3 nitrogen and oxygen atoms in total. The van der Waals surface area contributed by atoms with Crippen LogP contribution in [0.25, 0.3) is 6.08 Å². The van der Waals surface area contributed by atoms with Crippen molar-refractivity contribution in [3.63, 3.8) is 0 Å². The molecule has 1 heterocycles. The van der Waals surface area contributed by atoms with Gasteiger partial charge in [0.2, 0.25) is 5.91 Å². The fourth-order valence-corrected chi connectivity index (χ4v) is 1.97. The van der Waals surface area contributed by atoms with Crippen LogP contribution in [0.15, 0.2) is 54.9 Å². The van der Waals surface area contributed by atoms with E-state index in [9.17, 15) is 4.79 Å². The van der Waals surface area contributed by atoms with Gasteiger partial charge in [-0.25, -0.2) is 0 Å². The van der Waals surface area contributed by atoms with Crippen LogP contribution in [-0.4, -0.2) is 10.9 Å². The zero-order valence-electron chi connectivity index (χ0n) is 9.51. The van der Waals surface area contributed by atoms with Crippen molar-refractivity contribution < 1.29 is 4.79 Å². The van der Waals surface area contributed by atoms with Gasteiger partial charge in [0.05, 0.1) is 11.9 Å². The lowest BCUT2D eigenvalue weighted by Crippen LogP contribution is -2.07. The molecule has 0 saturated carbocycles. The van der Waals surface area contributed by atoms with Gasteiger partial charge in [-0.15, -0.1) is 0 Å². The number of pyridine rings is 1. The van der Waals surface area contributed by atoms with Gasteiger partial charge < -0.3 is 5.32 Å². The Kier molecular flexibility index (Phi) is 4.46. The first-order chi connectivity index (χ1) is 8.74. The van der Waals surface area contributed by atoms with Gasteiger partial charge >= 0.3 is 0 Å². The van der Waals surface area contributed by atoms with Crippen molar-refractivity contribution in [3.8, 4) is 0 Å². The van der Waals surface area contributed by atoms with E-state index in [4.69, 9.17) is 0 Å². The molecule has 2 aromatic rings. The summed E-state index contributed by atoms with van der Waals surface area (Å²) >= 11 is 2.24. The number of aromatic nitrogens is 1. The largest absolute Gasteiger partial charge is 0.321 e. The van der Waals surface area contributed by atoms with Crippen LogP contribution < -0.4 is 5.32 Å². The molecule has 0 fully saturated rings. The molecule has 0 atom stereocenters. The smallest absolute Gasteiger partial charge is 0.248 e. The second-order valence-electron chi connectivity index (χ2n) is 3.62. The molecule has 0 unspecified atom stereocenters. The summed E-state index contributed by atoms with van der Waals surface area (Å²) in [6.07, 6.45) is 6.57. The molecular formula is C14H11IN2O. The van der Waals surface area contributed by atoms with Gasteiger partial charge in [-0.2, -0.15) is 0 Å². The third kappa shape index (κ3) is 3.96. The number of halogens is 1. The predicted molar refractivity (Wildman–Crippen MR) is 81.1 cm³/mol. The molecule has 90 valence electrons. The standard InChI is InChI=1S/C14H11IN2O/c15-12-4-1-3-11(9-12)6-7-14(18)17-13-5-2-8-16-10-13/h1-10H,(H,17,18). The molecule has 1 N–H and O–H groups in total. The predicted octanol–water partition coefficient (Wildman–Crippen LogP) is 3.34. The van der Waals surface area contributed by atoms with Gasteiger partial charge in [-0.3, -0.25) is 9.78 Å². The fraction of sp³-hybridized carbons (Fsp3) is 0. The number of anilines is 1. The molecule has 1 aromatic heterocycles. The summed E-state index contributed by atoms with van der Waals surface area (Å²) in [6.45, 7) is 0. The van der Waals surface area contributed by atoms with Crippen molar-refractivity contribution >= 4 is 40.3 Å². The highest BCUT2D eigenvalue weighted by Crippen LogP contribution is 2.09. The lowest BCUT2D eigenvalue weighted by Gasteiger charge is -2.00. The van der Waals surface area contributed by atoms with Crippen LogP contribution >= 0.6 is 22.6 Å². The number of nitrogens with one attached hydrogen (secondary N) is 1. The average Bonchev–Trinajstić information content (AvgIpc) is 2.38. The zero-order chi connectivity index (χ0) is 12.8. The number of carbonyl (C=O) groups is 1. The number of hydrogen-bond donors (Lipinski definition) is 1. The molecule has 0 aliphatic rings. The number of benzene rings is 1. The quantitative estimate of drug-likeness (QED) is 0.682. The lowest BCUT2D eigenvalue weighted by atomic mass is 10.2. The van der Waals surface area contributed by atoms with Crippen LogP contribution in [-0.2, 0) is 4.79 Å². The van der Waals surface area contributed by atoms with E-state index in [2.05, 4.69) is 32.9 Å². The van der Waals surface area contributed by atoms with E-state index in [0.29, 0.717) is 5.69 Å². The monoisotopic (exact) mass is 350 g/mol. The Morgan fingerprint density at radius 1 is 1.28 bits per heavy atom. The molecule has 2 rings (SSSR count). The van der Waals surface area contributed by atoms with Gasteiger partial charge in [0, 0.05) is 15.8 Å². The summed E-state index contributed by atoms with van der Waals surface area (Å²) in [4.78, 5) is 15.6. The number of hydrogen-bond acceptors (Lipinski definition) is 2. The topological polar surface area (TPSA) is 42.0 Å². The van der Waals surface area contributed by atoms with Crippen molar-refractivity contribution in [2.45, 2.75) is 0 Å². The minimum absolute atomic E-state index is 0.165. The summed E-state index contributed by atoms with van der Waals surface area (Å²) < 4.78 is 1.14. The highest BCUT2D eigenvalue weighted by atomic mass is 127. The van der Waals surface area contributed by atoms with Crippen LogP contribution in [0.3, 0.4) is 0 Å². The molecule has 0 saturated heterocycles. The normalized spacial score (nSPS) is 10.5. The third-order valence-corrected chi connectivity index (χ3v) is 2.88. The maximum atomic E-state index is 11.6. The number of nitrogens with zero attached hydrogens (tertiary/aromatic N) is 1. The van der Waals surface area contributed by atoms with Crippen molar-refractivity contribution in [2.24, 2.45) is 0 Å². The second kappa shape index (κ2) is 6.30. The molecular weight excluding hydrogens is 339 g/mol. The molecule has 4 heteroatoms. The van der Waals surface area contributed by atoms with Crippen LogP contribution in [0.4, 0.5) is 5.69 Å². The first kappa shape index (κ1) is 12.8. The minimum atomic E-state index is -0.165. The Morgan fingerprint density at radius 3 is 2.89 bits per heavy atom. The summed E-state index contributed by atoms with van der Waals surface area (Å²) in [5, 5.41) is 2.74. The van der Waals surface area contributed by atoms with Gasteiger partial charge in [-0.1, -0.05) is 12.1 Å². The first-order valence-corrected chi connectivity index (χ1v) is 6.46. The van der Waals surface area contributed by atoms with Crippen molar-refractivity contribution in [3.05, 3.63) is 64.0 Å². The van der Waals surface area contributed by atoms with Gasteiger partial charge in [0.1, 0.15) is 0 Å². The van der Waals surface area contributed by atoms with E-state index in [1.54, 1.807) is 30.6 Å². The second-order valence-corrected chi connectivity index (χ2v) is 4.86. The zero-order valence-corrected chi connectivity index (χ0v) is 11.7. The van der Waals surface area contributed by atoms with Crippen molar-refractivity contribution in [1.29, 1.82) is 0 Å². The molecule has 0 bridgehead atoms. The Labute approximate surface area is 119 Å². The summed E-state index contributed by atoms with van der Waals surface area (Å²) in [5.74, 6) is -0.165. The Morgan fingerprint density at radius 2 is 2.17 bits per heavy atom. The van der Waals surface area contributed by atoms with Gasteiger partial charge in [0.15, 0.2) is 0 Å². The lowest BCUT2D eigenvalue weighted by molar-refractivity contribution is -0.111. The average molecular weight is 350 g/mol. The van der Waals surface area contributed by atoms with Gasteiger partial charge in [-0.05, 0) is 58.5 Å². The highest BCUT2D eigenvalue weighted by molar-refractivity contribution is 14.1. The molecule has 1 aromatic carbocycles. The molecule has 0 radical (unpaired) electrons. The molecule has 18 heavy (non-hydrogen) atoms. The number of rotatable bonds is 3. The molecule has 0 aliphatic heterocycles. The van der Waals surface area contributed by atoms with E-state index >= 15 is 0 Å². The van der Waals surface area contributed by atoms with E-state index in [1.807, 2.05) is 24.3 Å². The van der Waals surface area contributed by atoms with Crippen LogP contribution in [0.5, 0.6) is 0 Å². The van der Waals surface area contributed by atoms with Gasteiger partial charge in [0.25, 0.3) is 0 Å². The summed E-state index contributed by atoms with van der Waals surface area (Å²) in [5.41, 5.74) is 1.69. The Balaban J connectivity index is 1.99. The fourth-order valence-electron chi connectivity index (χ4n) is 1.40. The molecule has 0 aliphatic carbocycles. The molecule has 1 amide bonds. The summed E-state index contributed by atoms with van der Waals surface area (Å²) in [6, 6.07) is 11.5. The minimum Gasteiger partial charge on any atom is -0.321 e. The van der Waals surface area contributed by atoms with Crippen LogP contribution in [0.2, 0.25) is 0 Å².